The van der Waals surface area contributed by atoms with E-state index in [1.54, 1.807) is 0 Å². The molecule has 5 rings (SSSR count). The molecule has 3 aliphatic carbocycles. The Morgan fingerprint density at radius 2 is 1.96 bits per heavy atom. The molecule has 9 heteroatoms. The third kappa shape index (κ3) is 2.87. The molecule has 8 atom stereocenters. The van der Waals surface area contributed by atoms with Crippen LogP contribution in [0.4, 0.5) is 0 Å². The summed E-state index contributed by atoms with van der Waals surface area (Å²) >= 11 is 2.03. The first-order valence-corrected chi connectivity index (χ1v) is 12.7. The van der Waals surface area contributed by atoms with E-state index in [0.717, 1.165) is 25.7 Å². The number of fused-ring (bicyclic) bond motifs is 1. The molecular weight excluding hydrogens is 568 g/mol. The van der Waals surface area contributed by atoms with Crippen molar-refractivity contribution in [3.63, 3.8) is 0 Å². The van der Waals surface area contributed by atoms with Crippen molar-refractivity contribution in [3.8, 4) is 0 Å². The van der Waals surface area contributed by atoms with Gasteiger partial charge in [0.2, 0.25) is 0 Å². The van der Waals surface area contributed by atoms with Crippen molar-refractivity contribution >= 4 is 40.5 Å². The maximum atomic E-state index is 12.8. The van der Waals surface area contributed by atoms with Gasteiger partial charge in [-0.25, -0.2) is 0 Å². The van der Waals surface area contributed by atoms with Gasteiger partial charge in [-0.15, -0.1) is 0 Å². The fraction of sp³-hybridized carbons (Fsp3) is 0.824. The van der Waals surface area contributed by atoms with Gasteiger partial charge in [-0.1, -0.05) is 0 Å². The van der Waals surface area contributed by atoms with Gasteiger partial charge in [0.15, 0.2) is 0 Å². The predicted octanol–water partition coefficient (Wildman–Crippen LogP) is -2.07. The molecule has 0 radical (unpaired) electrons. The summed E-state index contributed by atoms with van der Waals surface area (Å²) in [6.07, 6.45) is 3.74. The zero-order valence-corrected chi connectivity index (χ0v) is 18.3. The average molecular weight is 588 g/mol. The number of carbonyl (C=O) groups is 3. The summed E-state index contributed by atoms with van der Waals surface area (Å²) in [5.41, 5.74) is 0. The van der Waals surface area contributed by atoms with Crippen LogP contribution < -0.4 is 25.0 Å². The predicted molar refractivity (Wildman–Crippen MR) is 91.4 cm³/mol. The van der Waals surface area contributed by atoms with E-state index in [4.69, 9.17) is 14.2 Å². The number of alkyl halides is 2. The number of esters is 3. The van der Waals surface area contributed by atoms with Crippen LogP contribution in [0.15, 0.2) is 0 Å². The van der Waals surface area contributed by atoms with Gasteiger partial charge in [0.05, 0.1) is 0 Å². The standard InChI is InChI=1S/C17H20I2NO6/c18-11(14-19-20-14)17(23)26-13-7-5-8-10(16(22)25-12(8)13)9(7)15(21)24-6-3-1-2-4-6/h6-14,20H,1-5H2/q-1. The molecule has 7 nitrogen and oxygen atoms in total. The molecule has 2 heterocycles. The molecule has 5 aliphatic rings. The molecule has 144 valence electrons. The molecule has 1 N–H and O–H groups in total. The molecule has 8 unspecified atom stereocenters. The summed E-state index contributed by atoms with van der Waals surface area (Å²) in [6.45, 7) is 0. The Balaban J connectivity index is 1.33. The van der Waals surface area contributed by atoms with E-state index in [9.17, 15) is 14.4 Å². The molecule has 0 amide bonds. The van der Waals surface area contributed by atoms with E-state index in [1.165, 1.54) is 0 Å². The van der Waals surface area contributed by atoms with Crippen LogP contribution in [-0.4, -0.2) is 44.2 Å². The summed E-state index contributed by atoms with van der Waals surface area (Å²) in [6, 6.07) is 0. The van der Waals surface area contributed by atoms with Crippen LogP contribution >= 0.6 is 22.6 Å². The second kappa shape index (κ2) is 6.71. The van der Waals surface area contributed by atoms with E-state index < -0.39 is 17.9 Å². The summed E-state index contributed by atoms with van der Waals surface area (Å²) in [5, 5.41) is 0. The number of carbonyl (C=O) groups excluding carboxylic acids is 3. The van der Waals surface area contributed by atoms with Gasteiger partial charge >= 0.3 is 176 Å². The Labute approximate surface area is 175 Å². The third-order valence-corrected chi connectivity index (χ3v) is 11.0. The van der Waals surface area contributed by atoms with Gasteiger partial charge in [0.1, 0.15) is 0 Å². The van der Waals surface area contributed by atoms with E-state index in [1.807, 2.05) is 0 Å². The molecule has 0 spiro atoms. The van der Waals surface area contributed by atoms with Gasteiger partial charge in [-0.3, -0.25) is 0 Å². The van der Waals surface area contributed by atoms with Gasteiger partial charge in [0, 0.05) is 0 Å². The molecule has 3 saturated carbocycles. The Bertz CT molecular complexity index is 649. The average Bonchev–Trinajstić information content (AvgIpc) is 2.95. The molecule has 0 aromatic rings. The molecule has 5 fully saturated rings. The summed E-state index contributed by atoms with van der Waals surface area (Å²) in [5.74, 6) is -2.01. The van der Waals surface area contributed by atoms with Crippen LogP contribution in [0, 0.1) is 23.7 Å². The van der Waals surface area contributed by atoms with Crippen LogP contribution in [0.2, 0.25) is 0 Å². The van der Waals surface area contributed by atoms with Gasteiger partial charge in [-0.2, -0.15) is 0 Å². The van der Waals surface area contributed by atoms with Crippen LogP contribution in [-0.2, 0) is 28.6 Å². The summed E-state index contributed by atoms with van der Waals surface area (Å²) in [7, 11) is 0. The van der Waals surface area contributed by atoms with Crippen molar-refractivity contribution < 1.29 is 50.1 Å². The first kappa shape index (κ1) is 17.9. The van der Waals surface area contributed by atoms with Crippen LogP contribution in [0.25, 0.3) is 0 Å². The van der Waals surface area contributed by atoms with Crippen molar-refractivity contribution in [2.45, 2.75) is 58.4 Å². The first-order valence-electron chi connectivity index (χ1n) is 9.18. The monoisotopic (exact) mass is 588 g/mol. The number of halogens is 2. The Hall–Kier alpha value is -0.170. The minimum absolute atomic E-state index is 0.0226. The summed E-state index contributed by atoms with van der Waals surface area (Å²) < 4.78 is 20.3. The minimum atomic E-state index is -0.524. The van der Waals surface area contributed by atoms with E-state index in [0.29, 0.717) is 6.42 Å². The zero-order chi connectivity index (χ0) is 18.0. The van der Waals surface area contributed by atoms with Gasteiger partial charge < -0.3 is 0 Å². The van der Waals surface area contributed by atoms with Gasteiger partial charge in [0.25, 0.3) is 0 Å². The van der Waals surface area contributed by atoms with E-state index in [2.05, 4.69) is 26.1 Å². The number of nitrogens with one attached hydrogen (secondary N) is 1. The maximum absolute atomic E-state index is 12.8. The van der Waals surface area contributed by atoms with Gasteiger partial charge in [-0.05, 0) is 0 Å². The second-order valence-corrected chi connectivity index (χ2v) is 11.7. The van der Waals surface area contributed by atoms with Crippen molar-refractivity contribution in [2.75, 3.05) is 0 Å². The molecule has 2 bridgehead atoms. The van der Waals surface area contributed by atoms with E-state index >= 15 is 0 Å². The second-order valence-electron chi connectivity index (χ2n) is 7.78. The number of rotatable bonds is 5. The van der Waals surface area contributed by atoms with Crippen molar-refractivity contribution in [1.29, 1.82) is 0 Å². The summed E-state index contributed by atoms with van der Waals surface area (Å²) in [4.78, 5) is 37.6. The Morgan fingerprint density at radius 3 is 2.65 bits per heavy atom. The fourth-order valence-electron chi connectivity index (χ4n) is 5.18. The Kier molecular flexibility index (Phi) is 4.62. The molecule has 0 aromatic heterocycles. The number of hydrogen-bond donors (Lipinski definition) is 1. The van der Waals surface area contributed by atoms with E-state index in [-0.39, 0.29) is 71.4 Å². The molecule has 0 aromatic carbocycles. The normalized spacial score (nSPS) is 44.3. The molecule has 2 saturated heterocycles. The Morgan fingerprint density at radius 1 is 1.23 bits per heavy atom. The SMILES string of the molecule is O=C(OC1C2CC3C1OC(=O)C3C2C(=O)OC1CCCC1)C(I)C1N[I-]1. The number of ether oxygens (including phenoxy) is 3. The fourth-order valence-corrected chi connectivity index (χ4v) is 8.29. The topological polar surface area (TPSA) is 101 Å². The first-order chi connectivity index (χ1) is 12.5. The van der Waals surface area contributed by atoms with Crippen LogP contribution in [0.3, 0.4) is 0 Å². The van der Waals surface area contributed by atoms with Crippen LogP contribution in [0.5, 0.6) is 0 Å². The zero-order valence-electron chi connectivity index (χ0n) is 13.9. The molecular formula is C17H20I2NO6-. The number of hydrogen-bond acceptors (Lipinski definition) is 7. The third-order valence-electron chi connectivity index (χ3n) is 6.37. The molecule has 2 aliphatic heterocycles. The quantitative estimate of drug-likeness (QED) is 0.0750. The van der Waals surface area contributed by atoms with Crippen LogP contribution in [0.1, 0.15) is 32.1 Å². The van der Waals surface area contributed by atoms with Crippen molar-refractivity contribution in [2.24, 2.45) is 23.7 Å². The van der Waals surface area contributed by atoms with Crippen molar-refractivity contribution in [1.82, 2.24) is 3.53 Å². The van der Waals surface area contributed by atoms with Crippen molar-refractivity contribution in [3.05, 3.63) is 0 Å². The molecule has 26 heavy (non-hydrogen) atoms.